The van der Waals surface area contributed by atoms with E-state index in [2.05, 4.69) is 18.2 Å². The van der Waals surface area contributed by atoms with Gasteiger partial charge in [0.2, 0.25) is 0 Å². The summed E-state index contributed by atoms with van der Waals surface area (Å²) in [4.78, 5) is 11.5. The summed E-state index contributed by atoms with van der Waals surface area (Å²) >= 11 is 0. The topological polar surface area (TPSA) is 69.7 Å². The molecular weight excluding hydrogens is 340 g/mol. The minimum atomic E-state index is -3.47. The number of benzene rings is 1. The number of ether oxygens (including phenoxy) is 1. The van der Waals surface area contributed by atoms with Crippen LogP contribution in [0.25, 0.3) is 6.08 Å². The van der Waals surface area contributed by atoms with Gasteiger partial charge in [0.15, 0.2) is 0 Å². The summed E-state index contributed by atoms with van der Waals surface area (Å²) in [5.74, 6) is 0.913. The van der Waals surface area contributed by atoms with Crippen molar-refractivity contribution in [2.75, 3.05) is 12.9 Å². The largest absolute Gasteiger partial charge is 0.465 e. The van der Waals surface area contributed by atoms with Crippen LogP contribution in [0.2, 0.25) is 0 Å². The molecule has 2 atom stereocenters. The van der Waals surface area contributed by atoms with E-state index in [1.165, 1.54) is 11.1 Å². The number of rotatable bonds is 3. The Morgan fingerprint density at radius 1 is 1.28 bits per heavy atom. The number of fused-ring (bicyclic) bond motifs is 1. The summed E-state index contributed by atoms with van der Waals surface area (Å²) in [7, 11) is -3.47. The van der Waals surface area contributed by atoms with E-state index in [0.717, 1.165) is 37.5 Å². The van der Waals surface area contributed by atoms with E-state index in [1.54, 1.807) is 0 Å². The van der Waals surface area contributed by atoms with Gasteiger partial charge in [-0.05, 0) is 54.4 Å². The summed E-state index contributed by atoms with van der Waals surface area (Å²) in [5.41, 5.74) is 3.63. The van der Waals surface area contributed by atoms with Crippen LogP contribution in [0, 0.1) is 5.41 Å². The molecule has 4 rings (SSSR count). The van der Waals surface area contributed by atoms with Gasteiger partial charge in [-0.3, -0.25) is 4.79 Å². The first-order chi connectivity index (χ1) is 11.8. The molecule has 2 fully saturated rings. The predicted octanol–water partition coefficient (Wildman–Crippen LogP) is 3.15. The summed E-state index contributed by atoms with van der Waals surface area (Å²) in [6.45, 7) is 0.572. The zero-order valence-corrected chi connectivity index (χ0v) is 15.1. The van der Waals surface area contributed by atoms with Gasteiger partial charge in [-0.2, -0.15) is 8.42 Å². The average Bonchev–Trinajstić information content (AvgIpc) is 3.12. The van der Waals surface area contributed by atoms with Crippen molar-refractivity contribution in [2.45, 2.75) is 44.4 Å². The number of hydrogen-bond donors (Lipinski definition) is 0. The van der Waals surface area contributed by atoms with Crippen molar-refractivity contribution >= 4 is 22.2 Å². The first-order valence-corrected chi connectivity index (χ1v) is 10.5. The maximum Gasteiger partial charge on any atom is 0.306 e. The Morgan fingerprint density at radius 2 is 2.12 bits per heavy atom. The molecule has 5 nitrogen and oxygen atoms in total. The Morgan fingerprint density at radius 3 is 2.84 bits per heavy atom. The highest BCUT2D eigenvalue weighted by Crippen LogP contribution is 2.51. The summed E-state index contributed by atoms with van der Waals surface area (Å²) in [6, 6.07) is 6.42. The number of aryl methyl sites for hydroxylation is 1. The van der Waals surface area contributed by atoms with Crippen LogP contribution in [0.15, 0.2) is 24.0 Å². The van der Waals surface area contributed by atoms with Crippen LogP contribution in [0.4, 0.5) is 0 Å². The predicted molar refractivity (Wildman–Crippen MR) is 93.3 cm³/mol. The van der Waals surface area contributed by atoms with Gasteiger partial charge in [-0.15, -0.1) is 0 Å². The van der Waals surface area contributed by atoms with Crippen LogP contribution in [0.5, 0.6) is 0 Å². The van der Waals surface area contributed by atoms with Gasteiger partial charge in [0, 0.05) is 11.8 Å². The van der Waals surface area contributed by atoms with E-state index in [1.807, 2.05) is 6.08 Å². The second kappa shape index (κ2) is 5.87. The van der Waals surface area contributed by atoms with E-state index in [0.29, 0.717) is 31.1 Å². The fraction of sp³-hybridized carbons (Fsp3) is 0.526. The lowest BCUT2D eigenvalue weighted by Crippen LogP contribution is -2.16. The first kappa shape index (κ1) is 16.6. The zero-order chi connectivity index (χ0) is 17.7. The molecule has 3 aliphatic rings. The highest BCUT2D eigenvalue weighted by molar-refractivity contribution is 7.86. The normalized spacial score (nSPS) is 28.6. The standard InChI is InChI=1S/C19H22O5S/c1-25(21,22)24-17-5-4-13-8-14(2-3-15(13)9-17)16-6-7-19(10-16)11-18(20)23-12-19/h2-3,8-9,16H,4-7,10-12H2,1H3/t16-,19+/m1/s1. The van der Waals surface area contributed by atoms with Gasteiger partial charge < -0.3 is 8.92 Å². The fourth-order valence-electron chi connectivity index (χ4n) is 4.43. The SMILES string of the molecule is CS(=O)(=O)OC1=Cc2ccc([C@@H]3CC[C@]4(COC(=O)C4)C3)cc2CC1. The molecule has 1 spiro atoms. The van der Waals surface area contributed by atoms with E-state index in [9.17, 15) is 13.2 Å². The Labute approximate surface area is 148 Å². The van der Waals surface area contributed by atoms with Gasteiger partial charge in [0.05, 0.1) is 19.3 Å². The third-order valence-electron chi connectivity index (χ3n) is 5.62. The number of hydrogen-bond acceptors (Lipinski definition) is 5. The van der Waals surface area contributed by atoms with Crippen LogP contribution in [-0.2, 0) is 30.3 Å². The van der Waals surface area contributed by atoms with Crippen molar-refractivity contribution in [3.05, 3.63) is 40.6 Å². The van der Waals surface area contributed by atoms with Gasteiger partial charge in [-0.1, -0.05) is 18.2 Å². The number of carbonyl (C=O) groups excluding carboxylic acids is 1. The summed E-state index contributed by atoms with van der Waals surface area (Å²) in [5, 5.41) is 0. The summed E-state index contributed by atoms with van der Waals surface area (Å²) < 4.78 is 32.8. The molecule has 1 aliphatic heterocycles. The molecule has 1 saturated heterocycles. The second-order valence-corrected chi connectivity index (χ2v) is 9.21. The maximum atomic E-state index is 11.5. The molecule has 1 saturated carbocycles. The zero-order valence-electron chi connectivity index (χ0n) is 14.3. The molecule has 0 N–H and O–H groups in total. The summed E-state index contributed by atoms with van der Waals surface area (Å²) in [6.07, 6.45) is 7.98. The van der Waals surface area contributed by atoms with Crippen LogP contribution < -0.4 is 0 Å². The van der Waals surface area contributed by atoms with E-state index in [4.69, 9.17) is 8.92 Å². The molecule has 0 amide bonds. The van der Waals surface area contributed by atoms with Crippen molar-refractivity contribution in [3.63, 3.8) is 0 Å². The van der Waals surface area contributed by atoms with Crippen LogP contribution >= 0.6 is 0 Å². The van der Waals surface area contributed by atoms with Gasteiger partial charge in [0.1, 0.15) is 5.76 Å². The van der Waals surface area contributed by atoms with Crippen molar-refractivity contribution in [1.82, 2.24) is 0 Å². The van der Waals surface area contributed by atoms with Gasteiger partial charge in [0.25, 0.3) is 0 Å². The van der Waals surface area contributed by atoms with Crippen LogP contribution in [0.1, 0.15) is 54.7 Å². The molecule has 25 heavy (non-hydrogen) atoms. The molecule has 0 radical (unpaired) electrons. The molecule has 1 aromatic carbocycles. The molecule has 0 aromatic heterocycles. The monoisotopic (exact) mass is 362 g/mol. The number of esters is 1. The van der Waals surface area contributed by atoms with Gasteiger partial charge in [-0.25, -0.2) is 0 Å². The number of cyclic esters (lactones) is 1. The van der Waals surface area contributed by atoms with Crippen LogP contribution in [0.3, 0.4) is 0 Å². The Kier molecular flexibility index (Phi) is 3.90. The van der Waals surface area contributed by atoms with E-state index >= 15 is 0 Å². The molecule has 134 valence electrons. The smallest absolute Gasteiger partial charge is 0.306 e. The first-order valence-electron chi connectivity index (χ1n) is 8.70. The van der Waals surface area contributed by atoms with Crippen molar-refractivity contribution < 1.29 is 22.1 Å². The molecule has 2 aliphatic carbocycles. The highest BCUT2D eigenvalue weighted by Gasteiger charge is 2.46. The highest BCUT2D eigenvalue weighted by atomic mass is 32.2. The Balaban J connectivity index is 1.52. The molecule has 0 bridgehead atoms. The molecule has 0 unspecified atom stereocenters. The Hall–Kier alpha value is -1.82. The Bertz CT molecular complexity index is 855. The van der Waals surface area contributed by atoms with Crippen molar-refractivity contribution in [1.29, 1.82) is 0 Å². The lowest BCUT2D eigenvalue weighted by molar-refractivity contribution is -0.137. The van der Waals surface area contributed by atoms with Crippen LogP contribution in [-0.4, -0.2) is 27.2 Å². The third kappa shape index (κ3) is 3.45. The van der Waals surface area contributed by atoms with E-state index in [-0.39, 0.29) is 11.4 Å². The van der Waals surface area contributed by atoms with Crippen molar-refractivity contribution in [2.24, 2.45) is 5.41 Å². The third-order valence-corrected chi connectivity index (χ3v) is 6.13. The molecular formula is C19H22O5S. The average molecular weight is 362 g/mol. The maximum absolute atomic E-state index is 11.5. The molecule has 1 heterocycles. The van der Waals surface area contributed by atoms with E-state index < -0.39 is 10.1 Å². The quantitative estimate of drug-likeness (QED) is 0.610. The lowest BCUT2D eigenvalue weighted by Gasteiger charge is -2.21. The number of carbonyl (C=O) groups is 1. The van der Waals surface area contributed by atoms with Crippen molar-refractivity contribution in [3.8, 4) is 0 Å². The lowest BCUT2D eigenvalue weighted by atomic mass is 9.83. The minimum absolute atomic E-state index is 0.0497. The molecule has 1 aromatic rings. The minimum Gasteiger partial charge on any atom is -0.465 e. The molecule has 6 heteroatoms. The van der Waals surface area contributed by atoms with Gasteiger partial charge >= 0.3 is 16.1 Å². The number of allylic oxidation sites excluding steroid dienone is 1. The second-order valence-electron chi connectivity index (χ2n) is 7.63. The fourth-order valence-corrected chi connectivity index (χ4v) is 4.95.